The molecule has 0 aromatic heterocycles. The number of hydrogen-bond donors (Lipinski definition) is 2. The Morgan fingerprint density at radius 1 is 0.923 bits per heavy atom. The minimum Gasteiger partial charge on any atom is -0.379 e. The van der Waals surface area contributed by atoms with Crippen LogP contribution in [0.3, 0.4) is 0 Å². The Bertz CT molecular complexity index is 327. The van der Waals surface area contributed by atoms with Gasteiger partial charge in [0, 0.05) is 26.2 Å². The normalized spacial score (nSPS) is 15.1. The molecule has 0 aromatic rings. The number of guanidine groups is 1. The van der Waals surface area contributed by atoms with Crippen LogP contribution in [0, 0.1) is 0 Å². The van der Waals surface area contributed by atoms with E-state index >= 15 is 0 Å². The van der Waals surface area contributed by atoms with Crippen LogP contribution < -0.4 is 10.6 Å². The molecule has 0 spiro atoms. The SMILES string of the molecule is CCCCOCCOCCNC(=NCCCCN1CCCC1)NCC.I. The summed E-state index contributed by atoms with van der Waals surface area (Å²) in [6, 6.07) is 0. The van der Waals surface area contributed by atoms with Crippen molar-refractivity contribution in [2.24, 2.45) is 4.99 Å². The monoisotopic (exact) mass is 484 g/mol. The van der Waals surface area contributed by atoms with Crippen molar-refractivity contribution in [2.75, 3.05) is 65.7 Å². The minimum atomic E-state index is 0. The molecule has 1 heterocycles. The van der Waals surface area contributed by atoms with Crippen LogP contribution in [0.1, 0.15) is 52.4 Å². The van der Waals surface area contributed by atoms with E-state index < -0.39 is 0 Å². The summed E-state index contributed by atoms with van der Waals surface area (Å²) in [5.74, 6) is 0.895. The van der Waals surface area contributed by atoms with Gasteiger partial charge in [0.1, 0.15) is 0 Å². The van der Waals surface area contributed by atoms with E-state index in [2.05, 4.69) is 34.4 Å². The zero-order valence-corrected chi connectivity index (χ0v) is 19.3. The molecule has 0 unspecified atom stereocenters. The van der Waals surface area contributed by atoms with Crippen molar-refractivity contribution in [2.45, 2.75) is 52.4 Å². The standard InChI is InChI=1S/C19H40N4O2.HI/c1-3-5-15-24-17-18-25-16-11-22-19(20-4-2)21-10-6-7-12-23-13-8-9-14-23;/h3-18H2,1-2H3,(H2,20,21,22);1H. The van der Waals surface area contributed by atoms with Crippen molar-refractivity contribution in [3.8, 4) is 0 Å². The number of aliphatic imine (C=N–C) groups is 1. The first-order chi connectivity index (χ1) is 12.4. The topological polar surface area (TPSA) is 58.1 Å². The molecule has 1 fully saturated rings. The van der Waals surface area contributed by atoms with Gasteiger partial charge in [-0.25, -0.2) is 0 Å². The number of unbranched alkanes of at least 4 members (excludes halogenated alkanes) is 2. The van der Waals surface area contributed by atoms with Crippen molar-refractivity contribution in [3.05, 3.63) is 0 Å². The molecule has 0 aromatic carbocycles. The van der Waals surface area contributed by atoms with Crippen molar-refractivity contribution in [1.29, 1.82) is 0 Å². The average Bonchev–Trinajstić information content (AvgIpc) is 3.13. The lowest BCUT2D eigenvalue weighted by atomic mass is 10.3. The molecule has 0 amide bonds. The summed E-state index contributed by atoms with van der Waals surface area (Å²) in [6.45, 7) is 13.5. The second-order valence-corrected chi connectivity index (χ2v) is 6.52. The highest BCUT2D eigenvalue weighted by Crippen LogP contribution is 2.08. The van der Waals surface area contributed by atoms with Gasteiger partial charge in [-0.1, -0.05) is 13.3 Å². The highest BCUT2D eigenvalue weighted by atomic mass is 127. The van der Waals surface area contributed by atoms with Crippen molar-refractivity contribution in [3.63, 3.8) is 0 Å². The van der Waals surface area contributed by atoms with E-state index in [-0.39, 0.29) is 24.0 Å². The Balaban J connectivity index is 0.00000625. The van der Waals surface area contributed by atoms with Gasteiger partial charge in [-0.15, -0.1) is 24.0 Å². The van der Waals surface area contributed by atoms with Crippen LogP contribution in [0.4, 0.5) is 0 Å². The fourth-order valence-corrected chi connectivity index (χ4v) is 2.80. The summed E-state index contributed by atoms with van der Waals surface area (Å²) in [5.41, 5.74) is 0. The molecule has 2 N–H and O–H groups in total. The number of halogens is 1. The molecule has 0 saturated carbocycles. The maximum absolute atomic E-state index is 5.57. The third kappa shape index (κ3) is 15.0. The second kappa shape index (κ2) is 19.6. The highest BCUT2D eigenvalue weighted by molar-refractivity contribution is 14.0. The fourth-order valence-electron chi connectivity index (χ4n) is 2.80. The van der Waals surface area contributed by atoms with Crippen molar-refractivity contribution in [1.82, 2.24) is 15.5 Å². The third-order valence-electron chi connectivity index (χ3n) is 4.25. The van der Waals surface area contributed by atoms with Gasteiger partial charge in [0.25, 0.3) is 0 Å². The Morgan fingerprint density at radius 3 is 2.35 bits per heavy atom. The van der Waals surface area contributed by atoms with Crippen LogP contribution in [0.5, 0.6) is 0 Å². The van der Waals surface area contributed by atoms with Crippen molar-refractivity contribution < 1.29 is 9.47 Å². The molecule has 0 radical (unpaired) electrons. The lowest BCUT2D eigenvalue weighted by Gasteiger charge is -2.14. The number of nitrogens with one attached hydrogen (secondary N) is 2. The lowest BCUT2D eigenvalue weighted by molar-refractivity contribution is 0.0487. The summed E-state index contributed by atoms with van der Waals surface area (Å²) in [7, 11) is 0. The summed E-state index contributed by atoms with van der Waals surface area (Å²) < 4.78 is 11.0. The number of rotatable bonds is 15. The van der Waals surface area contributed by atoms with E-state index in [9.17, 15) is 0 Å². The zero-order valence-electron chi connectivity index (χ0n) is 16.9. The van der Waals surface area contributed by atoms with E-state index in [1.54, 1.807) is 0 Å². The maximum atomic E-state index is 5.57. The molecule has 1 aliphatic rings. The molecule has 6 nitrogen and oxygen atoms in total. The van der Waals surface area contributed by atoms with Crippen LogP contribution in [-0.2, 0) is 9.47 Å². The predicted molar refractivity (Wildman–Crippen MR) is 121 cm³/mol. The maximum Gasteiger partial charge on any atom is 0.191 e. The molecule has 26 heavy (non-hydrogen) atoms. The number of nitrogens with zero attached hydrogens (tertiary/aromatic N) is 2. The van der Waals surface area contributed by atoms with Gasteiger partial charge in [0.2, 0.25) is 0 Å². The largest absolute Gasteiger partial charge is 0.379 e. The molecule has 7 heteroatoms. The Kier molecular flexibility index (Phi) is 19.5. The lowest BCUT2D eigenvalue weighted by Crippen LogP contribution is -2.39. The molecule has 0 bridgehead atoms. The number of hydrogen-bond acceptors (Lipinski definition) is 4. The van der Waals surface area contributed by atoms with E-state index in [0.717, 1.165) is 45.0 Å². The summed E-state index contributed by atoms with van der Waals surface area (Å²) >= 11 is 0. The van der Waals surface area contributed by atoms with E-state index in [0.29, 0.717) is 19.8 Å². The van der Waals surface area contributed by atoms with Gasteiger partial charge in [0.05, 0.1) is 19.8 Å². The summed E-state index contributed by atoms with van der Waals surface area (Å²) in [5, 5.41) is 6.61. The van der Waals surface area contributed by atoms with Crippen LogP contribution in [-0.4, -0.2) is 76.6 Å². The van der Waals surface area contributed by atoms with Gasteiger partial charge in [-0.05, 0) is 58.7 Å². The molecular weight excluding hydrogens is 443 g/mol. The Hall–Kier alpha value is -0.120. The summed E-state index contributed by atoms with van der Waals surface area (Å²) in [6.07, 6.45) is 7.44. The van der Waals surface area contributed by atoms with Gasteiger partial charge in [-0.3, -0.25) is 4.99 Å². The first-order valence-electron chi connectivity index (χ1n) is 10.3. The van der Waals surface area contributed by atoms with E-state index in [4.69, 9.17) is 9.47 Å². The molecule has 1 aliphatic heterocycles. The molecule has 156 valence electrons. The third-order valence-corrected chi connectivity index (χ3v) is 4.25. The van der Waals surface area contributed by atoms with Crippen molar-refractivity contribution >= 4 is 29.9 Å². The molecule has 0 aliphatic carbocycles. The van der Waals surface area contributed by atoms with Gasteiger partial charge in [0.15, 0.2) is 5.96 Å². The van der Waals surface area contributed by atoms with Crippen LogP contribution in [0.25, 0.3) is 0 Å². The smallest absolute Gasteiger partial charge is 0.191 e. The molecule has 0 atom stereocenters. The molecule has 1 rings (SSSR count). The average molecular weight is 484 g/mol. The molecule has 1 saturated heterocycles. The van der Waals surface area contributed by atoms with Crippen LogP contribution in [0.15, 0.2) is 4.99 Å². The quantitative estimate of drug-likeness (QED) is 0.162. The minimum absolute atomic E-state index is 0. The predicted octanol–water partition coefficient (Wildman–Crippen LogP) is 2.87. The first-order valence-corrected chi connectivity index (χ1v) is 10.3. The number of likely N-dealkylation sites (tertiary alicyclic amines) is 1. The summed E-state index contributed by atoms with van der Waals surface area (Å²) in [4.78, 5) is 7.21. The van der Waals surface area contributed by atoms with E-state index in [1.165, 1.54) is 45.3 Å². The highest BCUT2D eigenvalue weighted by Gasteiger charge is 2.09. The Labute approximate surface area is 177 Å². The second-order valence-electron chi connectivity index (χ2n) is 6.52. The zero-order chi connectivity index (χ0) is 18.0. The first kappa shape index (κ1) is 25.9. The van der Waals surface area contributed by atoms with Gasteiger partial charge < -0.3 is 25.0 Å². The van der Waals surface area contributed by atoms with Gasteiger partial charge >= 0.3 is 0 Å². The van der Waals surface area contributed by atoms with Crippen LogP contribution in [0.2, 0.25) is 0 Å². The van der Waals surface area contributed by atoms with Gasteiger partial charge in [-0.2, -0.15) is 0 Å². The van der Waals surface area contributed by atoms with E-state index in [1.807, 2.05) is 0 Å². The Morgan fingerprint density at radius 2 is 1.65 bits per heavy atom. The fraction of sp³-hybridized carbons (Fsp3) is 0.947. The number of ether oxygens (including phenoxy) is 2. The van der Waals surface area contributed by atoms with Crippen LogP contribution >= 0.6 is 24.0 Å². The molecular formula is C19H41IN4O2.